The van der Waals surface area contributed by atoms with Crippen LogP contribution in [0.2, 0.25) is 0 Å². The van der Waals surface area contributed by atoms with E-state index in [-0.39, 0.29) is 5.50 Å². The first-order valence-electron chi connectivity index (χ1n) is 5.86. The third-order valence-corrected chi connectivity index (χ3v) is 3.51. The Balaban J connectivity index is 1.97. The molecule has 4 heteroatoms. The smallest absolute Gasteiger partial charge is 0.103 e. The van der Waals surface area contributed by atoms with Gasteiger partial charge in [-0.2, -0.15) is 0 Å². The Bertz CT molecular complexity index is 367. The first-order valence-corrected chi connectivity index (χ1v) is 6.37. The summed E-state index contributed by atoms with van der Waals surface area (Å²) in [6, 6.07) is 8.48. The van der Waals surface area contributed by atoms with E-state index in [1.165, 1.54) is 5.69 Å². The second kappa shape index (κ2) is 5.58. The molecule has 1 aromatic rings. The molecule has 1 aliphatic heterocycles. The Morgan fingerprint density at radius 1 is 1.18 bits per heavy atom. The Morgan fingerprint density at radius 2 is 1.76 bits per heavy atom. The van der Waals surface area contributed by atoms with Crippen molar-refractivity contribution in [3.8, 4) is 0 Å². The predicted octanol–water partition coefficient (Wildman–Crippen LogP) is 1.62. The molecule has 1 fully saturated rings. The zero-order valence-corrected chi connectivity index (χ0v) is 10.8. The van der Waals surface area contributed by atoms with Crippen LogP contribution in [-0.2, 0) is 0 Å². The van der Waals surface area contributed by atoms with Crippen LogP contribution >= 0.6 is 12.6 Å². The van der Waals surface area contributed by atoms with E-state index >= 15 is 0 Å². The number of nitrogens with zero attached hydrogens (tertiary/aromatic N) is 2. The van der Waals surface area contributed by atoms with Crippen LogP contribution in [0.3, 0.4) is 0 Å². The summed E-state index contributed by atoms with van der Waals surface area (Å²) in [6.07, 6.45) is 1.86. The zero-order valence-electron chi connectivity index (χ0n) is 9.92. The molecule has 1 saturated heterocycles. The van der Waals surface area contributed by atoms with Gasteiger partial charge in [0.05, 0.1) is 0 Å². The number of piperazine rings is 1. The summed E-state index contributed by atoms with van der Waals surface area (Å²) < 4.78 is 0. The van der Waals surface area contributed by atoms with Gasteiger partial charge in [-0.05, 0) is 17.7 Å². The van der Waals surface area contributed by atoms with Crippen LogP contribution in [0.4, 0.5) is 5.69 Å². The summed E-state index contributed by atoms with van der Waals surface area (Å²) in [7, 11) is 0. The number of thiol groups is 1. The minimum absolute atomic E-state index is 0.139. The van der Waals surface area contributed by atoms with Crippen LogP contribution in [0, 0.1) is 0 Å². The molecular formula is C13H19N3S. The lowest BCUT2D eigenvalue weighted by atomic mass is 10.2. The lowest BCUT2D eigenvalue weighted by Gasteiger charge is -2.37. The van der Waals surface area contributed by atoms with E-state index in [1.807, 2.05) is 6.08 Å². The first-order chi connectivity index (χ1) is 8.20. The molecule has 0 saturated carbocycles. The van der Waals surface area contributed by atoms with Crippen LogP contribution in [0.5, 0.6) is 0 Å². The number of anilines is 1. The van der Waals surface area contributed by atoms with Crippen molar-refractivity contribution in [2.24, 2.45) is 5.73 Å². The van der Waals surface area contributed by atoms with Crippen molar-refractivity contribution in [1.29, 1.82) is 0 Å². The van der Waals surface area contributed by atoms with Crippen LogP contribution in [0.15, 0.2) is 30.8 Å². The van der Waals surface area contributed by atoms with Gasteiger partial charge in [0.15, 0.2) is 0 Å². The minimum Gasteiger partial charge on any atom is -0.369 e. The van der Waals surface area contributed by atoms with E-state index in [2.05, 4.69) is 53.3 Å². The Labute approximate surface area is 108 Å². The summed E-state index contributed by atoms with van der Waals surface area (Å²) >= 11 is 4.26. The van der Waals surface area contributed by atoms with Crippen molar-refractivity contribution in [2.45, 2.75) is 5.50 Å². The van der Waals surface area contributed by atoms with E-state index in [1.54, 1.807) is 0 Å². The molecule has 0 bridgehead atoms. The Kier molecular flexibility index (Phi) is 4.10. The largest absolute Gasteiger partial charge is 0.369 e. The Hall–Kier alpha value is -0.970. The fraction of sp³-hybridized carbons (Fsp3) is 0.385. The van der Waals surface area contributed by atoms with Gasteiger partial charge >= 0.3 is 0 Å². The molecule has 0 spiro atoms. The van der Waals surface area contributed by atoms with Gasteiger partial charge in [0.25, 0.3) is 0 Å². The molecule has 1 heterocycles. The second-order valence-electron chi connectivity index (χ2n) is 4.23. The highest BCUT2D eigenvalue weighted by Gasteiger charge is 2.19. The minimum atomic E-state index is -0.139. The fourth-order valence-electron chi connectivity index (χ4n) is 2.07. The van der Waals surface area contributed by atoms with Gasteiger partial charge < -0.3 is 10.6 Å². The Morgan fingerprint density at radius 3 is 2.24 bits per heavy atom. The summed E-state index contributed by atoms with van der Waals surface area (Å²) in [6.45, 7) is 7.70. The molecule has 17 heavy (non-hydrogen) atoms. The van der Waals surface area contributed by atoms with E-state index in [0.717, 1.165) is 31.7 Å². The number of hydrogen-bond donors (Lipinski definition) is 2. The highest BCUT2D eigenvalue weighted by molar-refractivity contribution is 7.80. The van der Waals surface area contributed by atoms with Gasteiger partial charge in [-0.25, -0.2) is 0 Å². The molecule has 1 aliphatic rings. The molecular weight excluding hydrogens is 230 g/mol. The van der Waals surface area contributed by atoms with Crippen molar-refractivity contribution in [3.05, 3.63) is 36.4 Å². The van der Waals surface area contributed by atoms with E-state index in [4.69, 9.17) is 5.73 Å². The maximum Gasteiger partial charge on any atom is 0.103 e. The van der Waals surface area contributed by atoms with Gasteiger partial charge in [0, 0.05) is 31.9 Å². The zero-order chi connectivity index (χ0) is 12.3. The van der Waals surface area contributed by atoms with Crippen molar-refractivity contribution in [3.63, 3.8) is 0 Å². The molecule has 1 aromatic carbocycles. The molecule has 0 aromatic heterocycles. The molecule has 2 N–H and O–H groups in total. The van der Waals surface area contributed by atoms with E-state index in [0.29, 0.717) is 0 Å². The number of nitrogens with two attached hydrogens (primary N) is 1. The topological polar surface area (TPSA) is 32.5 Å². The van der Waals surface area contributed by atoms with Crippen LogP contribution in [-0.4, -0.2) is 36.6 Å². The number of hydrogen-bond acceptors (Lipinski definition) is 4. The summed E-state index contributed by atoms with van der Waals surface area (Å²) in [5.41, 5.74) is 8.03. The summed E-state index contributed by atoms with van der Waals surface area (Å²) in [5, 5.41) is 0. The van der Waals surface area contributed by atoms with Crippen LogP contribution in [0.25, 0.3) is 6.08 Å². The second-order valence-corrected chi connectivity index (χ2v) is 4.76. The monoisotopic (exact) mass is 249 g/mol. The van der Waals surface area contributed by atoms with Crippen molar-refractivity contribution in [1.82, 2.24) is 4.90 Å². The standard InChI is InChI=1S/C13H19N3S/c1-2-11-3-5-12(6-4-11)15-7-9-16(10-8-15)13(14)17/h2-6,13,17H,1,7-10,14H2. The highest BCUT2D eigenvalue weighted by atomic mass is 32.1. The van der Waals surface area contributed by atoms with Crippen LogP contribution in [0.1, 0.15) is 5.56 Å². The average Bonchev–Trinajstić information content (AvgIpc) is 2.39. The predicted molar refractivity (Wildman–Crippen MR) is 77.3 cm³/mol. The van der Waals surface area contributed by atoms with Gasteiger partial charge in [0.1, 0.15) is 5.50 Å². The maximum absolute atomic E-state index is 5.75. The molecule has 0 amide bonds. The molecule has 1 unspecified atom stereocenters. The lowest BCUT2D eigenvalue weighted by Crippen LogP contribution is -2.51. The first kappa shape index (κ1) is 12.5. The normalized spacial score (nSPS) is 19.1. The van der Waals surface area contributed by atoms with Crippen molar-refractivity contribution >= 4 is 24.4 Å². The van der Waals surface area contributed by atoms with Gasteiger partial charge in [-0.1, -0.05) is 24.8 Å². The quantitative estimate of drug-likeness (QED) is 0.631. The highest BCUT2D eigenvalue weighted by Crippen LogP contribution is 2.18. The molecule has 1 atom stereocenters. The number of rotatable bonds is 3. The van der Waals surface area contributed by atoms with Crippen molar-refractivity contribution in [2.75, 3.05) is 31.1 Å². The van der Waals surface area contributed by atoms with Gasteiger partial charge in [-0.15, -0.1) is 12.6 Å². The SMILES string of the molecule is C=Cc1ccc(N2CCN(C(N)S)CC2)cc1. The maximum atomic E-state index is 5.75. The van der Waals surface area contributed by atoms with E-state index < -0.39 is 0 Å². The van der Waals surface area contributed by atoms with Gasteiger partial charge in [0.2, 0.25) is 0 Å². The molecule has 2 rings (SSSR count). The summed E-state index contributed by atoms with van der Waals surface area (Å²) in [5.74, 6) is 0. The fourth-order valence-corrected chi connectivity index (χ4v) is 2.30. The van der Waals surface area contributed by atoms with Crippen LogP contribution < -0.4 is 10.6 Å². The molecule has 0 radical (unpaired) electrons. The lowest BCUT2D eigenvalue weighted by molar-refractivity contribution is 0.246. The average molecular weight is 249 g/mol. The van der Waals surface area contributed by atoms with E-state index in [9.17, 15) is 0 Å². The van der Waals surface area contributed by atoms with Crippen molar-refractivity contribution < 1.29 is 0 Å². The molecule has 92 valence electrons. The third kappa shape index (κ3) is 3.03. The third-order valence-electron chi connectivity index (χ3n) is 3.18. The van der Waals surface area contributed by atoms with Gasteiger partial charge in [-0.3, -0.25) is 4.90 Å². The molecule has 0 aliphatic carbocycles. The molecule has 3 nitrogen and oxygen atoms in total. The number of benzene rings is 1. The summed E-state index contributed by atoms with van der Waals surface area (Å²) in [4.78, 5) is 4.55.